The molecule has 0 bridgehead atoms. The topological polar surface area (TPSA) is 61.4 Å². The number of rotatable bonds is 3. The quantitative estimate of drug-likeness (QED) is 0.686. The van der Waals surface area contributed by atoms with Gasteiger partial charge in [0.25, 0.3) is 0 Å². The van der Waals surface area contributed by atoms with Crippen molar-refractivity contribution < 1.29 is 9.59 Å². The first-order chi connectivity index (χ1) is 7.50. The first-order valence-electron chi connectivity index (χ1n) is 5.44. The van der Waals surface area contributed by atoms with Crippen LogP contribution in [0.2, 0.25) is 0 Å². The molecule has 5 heteroatoms. The van der Waals surface area contributed by atoms with E-state index in [0.29, 0.717) is 0 Å². The van der Waals surface area contributed by atoms with E-state index in [9.17, 15) is 9.59 Å². The van der Waals surface area contributed by atoms with Gasteiger partial charge in [-0.05, 0) is 19.8 Å². The Morgan fingerprint density at radius 3 is 2.38 bits per heavy atom. The summed E-state index contributed by atoms with van der Waals surface area (Å²) in [5.74, 6) is -0.111. The summed E-state index contributed by atoms with van der Waals surface area (Å²) in [5, 5.41) is 5.44. The van der Waals surface area contributed by atoms with E-state index in [-0.39, 0.29) is 18.0 Å². The monoisotopic (exact) mass is 225 g/mol. The minimum atomic E-state index is -0.496. The number of urea groups is 1. The lowest BCUT2D eigenvalue weighted by Crippen LogP contribution is -2.50. The Balaban J connectivity index is 2.30. The zero-order valence-electron chi connectivity index (χ0n) is 9.99. The van der Waals surface area contributed by atoms with Gasteiger partial charge in [0, 0.05) is 20.1 Å². The van der Waals surface area contributed by atoms with Crippen LogP contribution in [0.15, 0.2) is 12.2 Å². The lowest BCUT2D eigenvalue weighted by molar-refractivity contribution is -0.130. The highest BCUT2D eigenvalue weighted by Gasteiger charge is 2.19. The summed E-state index contributed by atoms with van der Waals surface area (Å²) in [5.41, 5.74) is 0. The molecule has 0 heterocycles. The van der Waals surface area contributed by atoms with E-state index in [1.165, 1.54) is 4.90 Å². The molecule has 0 aromatic rings. The van der Waals surface area contributed by atoms with Crippen LogP contribution in [0.1, 0.15) is 19.8 Å². The van der Waals surface area contributed by atoms with E-state index in [1.54, 1.807) is 21.0 Å². The van der Waals surface area contributed by atoms with Gasteiger partial charge in [0.05, 0.1) is 0 Å². The van der Waals surface area contributed by atoms with Crippen molar-refractivity contribution in [2.75, 3.05) is 14.1 Å². The van der Waals surface area contributed by atoms with Crippen LogP contribution in [0.4, 0.5) is 4.79 Å². The molecule has 5 nitrogen and oxygen atoms in total. The van der Waals surface area contributed by atoms with Gasteiger partial charge in [0.1, 0.15) is 6.04 Å². The fraction of sp³-hybridized carbons (Fsp3) is 0.636. The van der Waals surface area contributed by atoms with Gasteiger partial charge in [-0.1, -0.05) is 12.2 Å². The molecule has 0 saturated heterocycles. The molecule has 0 fully saturated rings. The Bertz CT molecular complexity index is 292. The lowest BCUT2D eigenvalue weighted by Gasteiger charge is -2.19. The molecule has 0 aromatic carbocycles. The van der Waals surface area contributed by atoms with E-state index in [1.807, 2.05) is 12.2 Å². The molecular formula is C11H19N3O2. The number of nitrogens with one attached hydrogen (secondary N) is 2. The van der Waals surface area contributed by atoms with Crippen molar-refractivity contribution >= 4 is 11.9 Å². The summed E-state index contributed by atoms with van der Waals surface area (Å²) in [6.07, 6.45) is 5.81. The number of likely N-dealkylation sites (N-methyl/N-ethyl adjacent to an activating group) is 1. The first-order valence-corrected chi connectivity index (χ1v) is 5.44. The number of amides is 3. The van der Waals surface area contributed by atoms with Crippen molar-refractivity contribution in [3.8, 4) is 0 Å². The van der Waals surface area contributed by atoms with E-state index >= 15 is 0 Å². The van der Waals surface area contributed by atoms with Crippen LogP contribution in [-0.2, 0) is 4.79 Å². The first kappa shape index (κ1) is 12.5. The molecule has 0 spiro atoms. The largest absolute Gasteiger partial charge is 0.347 e. The third-order valence-electron chi connectivity index (χ3n) is 2.50. The summed E-state index contributed by atoms with van der Waals surface area (Å²) in [6, 6.07) is -0.609. The summed E-state index contributed by atoms with van der Waals surface area (Å²) in [4.78, 5) is 24.5. The Morgan fingerprint density at radius 1 is 1.31 bits per heavy atom. The zero-order valence-corrected chi connectivity index (χ0v) is 9.99. The molecule has 1 aliphatic carbocycles. The van der Waals surface area contributed by atoms with E-state index in [4.69, 9.17) is 0 Å². The molecular weight excluding hydrogens is 206 g/mol. The van der Waals surface area contributed by atoms with Crippen LogP contribution in [-0.4, -0.2) is 43.0 Å². The van der Waals surface area contributed by atoms with Gasteiger partial charge in [-0.2, -0.15) is 0 Å². The zero-order chi connectivity index (χ0) is 12.1. The Hall–Kier alpha value is -1.52. The van der Waals surface area contributed by atoms with Crippen molar-refractivity contribution in [1.29, 1.82) is 0 Å². The lowest BCUT2D eigenvalue weighted by atomic mass is 10.2. The van der Waals surface area contributed by atoms with Crippen molar-refractivity contribution in [3.05, 3.63) is 12.2 Å². The highest BCUT2D eigenvalue weighted by Crippen LogP contribution is 2.08. The number of hydrogen-bond donors (Lipinski definition) is 2. The molecule has 1 aliphatic rings. The fourth-order valence-electron chi connectivity index (χ4n) is 1.61. The molecule has 1 atom stereocenters. The number of hydrogen-bond acceptors (Lipinski definition) is 2. The molecule has 0 aliphatic heterocycles. The van der Waals surface area contributed by atoms with E-state index in [0.717, 1.165) is 12.8 Å². The third kappa shape index (κ3) is 3.56. The molecule has 0 radical (unpaired) electrons. The molecule has 3 amide bonds. The summed E-state index contributed by atoms with van der Waals surface area (Å²) in [6.45, 7) is 1.68. The molecule has 2 N–H and O–H groups in total. The SMILES string of the molecule is C[C@H](NC(=O)NC1CC=CC1)C(=O)N(C)C. The van der Waals surface area contributed by atoms with Gasteiger partial charge in [-0.25, -0.2) is 4.79 Å². The van der Waals surface area contributed by atoms with E-state index in [2.05, 4.69) is 10.6 Å². The fourth-order valence-corrected chi connectivity index (χ4v) is 1.61. The third-order valence-corrected chi connectivity index (χ3v) is 2.50. The van der Waals surface area contributed by atoms with E-state index < -0.39 is 6.04 Å². The Kier molecular flexibility index (Phi) is 4.34. The van der Waals surface area contributed by atoms with Crippen LogP contribution < -0.4 is 10.6 Å². The van der Waals surface area contributed by atoms with Crippen molar-refractivity contribution in [3.63, 3.8) is 0 Å². The highest BCUT2D eigenvalue weighted by molar-refractivity contribution is 5.86. The average molecular weight is 225 g/mol. The smallest absolute Gasteiger partial charge is 0.315 e. The Labute approximate surface area is 95.9 Å². The molecule has 1 rings (SSSR count). The highest BCUT2D eigenvalue weighted by atomic mass is 16.2. The van der Waals surface area contributed by atoms with Gasteiger partial charge in [0.2, 0.25) is 5.91 Å². The molecule has 16 heavy (non-hydrogen) atoms. The maximum Gasteiger partial charge on any atom is 0.315 e. The van der Waals surface area contributed by atoms with Gasteiger partial charge in [-0.15, -0.1) is 0 Å². The van der Waals surface area contributed by atoms with Crippen molar-refractivity contribution in [2.45, 2.75) is 31.8 Å². The normalized spacial score (nSPS) is 16.9. The second-order valence-corrected chi connectivity index (χ2v) is 4.21. The predicted octanol–water partition coefficient (Wildman–Crippen LogP) is 0.481. The standard InChI is InChI=1S/C11H19N3O2/c1-8(10(15)14(2)3)12-11(16)13-9-6-4-5-7-9/h4-5,8-9H,6-7H2,1-3H3,(H2,12,13,16)/t8-/m0/s1. The van der Waals surface area contributed by atoms with Crippen LogP contribution in [0.5, 0.6) is 0 Å². The van der Waals surface area contributed by atoms with Crippen LogP contribution >= 0.6 is 0 Å². The van der Waals surface area contributed by atoms with Crippen molar-refractivity contribution in [1.82, 2.24) is 15.5 Å². The second kappa shape index (κ2) is 5.53. The Morgan fingerprint density at radius 2 is 1.88 bits per heavy atom. The van der Waals surface area contributed by atoms with Crippen LogP contribution in [0.3, 0.4) is 0 Å². The van der Waals surface area contributed by atoms with Crippen molar-refractivity contribution in [2.24, 2.45) is 0 Å². The average Bonchev–Trinajstić information content (AvgIpc) is 2.68. The predicted molar refractivity (Wildman–Crippen MR) is 62.0 cm³/mol. The molecule has 0 aromatic heterocycles. The summed E-state index contributed by atoms with van der Waals surface area (Å²) in [7, 11) is 3.33. The summed E-state index contributed by atoms with van der Waals surface area (Å²) >= 11 is 0. The van der Waals surface area contributed by atoms with Gasteiger partial charge in [-0.3, -0.25) is 4.79 Å². The van der Waals surface area contributed by atoms with Gasteiger partial charge in [0.15, 0.2) is 0 Å². The number of nitrogens with zero attached hydrogens (tertiary/aromatic N) is 1. The van der Waals surface area contributed by atoms with Crippen LogP contribution in [0, 0.1) is 0 Å². The minimum Gasteiger partial charge on any atom is -0.347 e. The minimum absolute atomic E-state index is 0.111. The number of carbonyl (C=O) groups is 2. The molecule has 0 saturated carbocycles. The molecule has 90 valence electrons. The van der Waals surface area contributed by atoms with Crippen LogP contribution in [0.25, 0.3) is 0 Å². The second-order valence-electron chi connectivity index (χ2n) is 4.21. The maximum absolute atomic E-state index is 11.5. The maximum atomic E-state index is 11.5. The van der Waals surface area contributed by atoms with Gasteiger partial charge >= 0.3 is 6.03 Å². The molecule has 0 unspecified atom stereocenters. The number of carbonyl (C=O) groups excluding carboxylic acids is 2. The van der Waals surface area contributed by atoms with Gasteiger partial charge < -0.3 is 15.5 Å². The summed E-state index contributed by atoms with van der Waals surface area (Å²) < 4.78 is 0.